The van der Waals surface area contributed by atoms with Crippen molar-refractivity contribution in [3.8, 4) is 11.5 Å². The molecule has 0 radical (unpaired) electrons. The second-order valence-corrected chi connectivity index (χ2v) is 8.40. The Kier molecular flexibility index (Phi) is 3.75. The van der Waals surface area contributed by atoms with Gasteiger partial charge in [0.15, 0.2) is 0 Å². The third kappa shape index (κ3) is 2.60. The number of hydrogen-bond donors (Lipinski definition) is 0. The van der Waals surface area contributed by atoms with E-state index in [9.17, 15) is 0 Å². The second-order valence-electron chi connectivity index (χ2n) is 7.49. The molecule has 1 nitrogen and oxygen atoms in total. The molecule has 138 valence electrons. The summed E-state index contributed by atoms with van der Waals surface area (Å²) in [6.07, 6.45) is 0. The van der Waals surface area contributed by atoms with Crippen molar-refractivity contribution in [1.29, 1.82) is 0 Å². The summed E-state index contributed by atoms with van der Waals surface area (Å²) in [5.74, 6) is 1.98. The molecule has 0 saturated carbocycles. The fourth-order valence-corrected chi connectivity index (χ4v) is 5.02. The number of halogens is 1. The zero-order valence-electron chi connectivity index (χ0n) is 15.6. The summed E-state index contributed by atoms with van der Waals surface area (Å²) >= 11 is 3.68. The fourth-order valence-electron chi connectivity index (χ4n) is 4.61. The van der Waals surface area contributed by atoms with Crippen LogP contribution < -0.4 is 4.74 Å². The van der Waals surface area contributed by atoms with Crippen LogP contribution in [0.2, 0.25) is 0 Å². The first kappa shape index (κ1) is 16.8. The van der Waals surface area contributed by atoms with Gasteiger partial charge in [0, 0.05) is 21.5 Å². The zero-order valence-corrected chi connectivity index (χ0v) is 17.2. The van der Waals surface area contributed by atoms with Crippen LogP contribution in [-0.2, 0) is 0 Å². The third-order valence-corrected chi connectivity index (χ3v) is 6.33. The summed E-state index contributed by atoms with van der Waals surface area (Å²) in [6.45, 7) is 0. The summed E-state index contributed by atoms with van der Waals surface area (Å²) < 4.78 is 7.55. The van der Waals surface area contributed by atoms with Crippen LogP contribution in [0.15, 0.2) is 102 Å². The molecule has 0 bridgehead atoms. The van der Waals surface area contributed by atoms with Crippen LogP contribution in [0.25, 0.3) is 21.5 Å². The summed E-state index contributed by atoms with van der Waals surface area (Å²) in [7, 11) is 0. The van der Waals surface area contributed by atoms with Gasteiger partial charge in [-0.2, -0.15) is 0 Å². The minimum atomic E-state index is 0.100. The molecule has 0 aromatic heterocycles. The lowest BCUT2D eigenvalue weighted by Crippen LogP contribution is -2.13. The maximum Gasteiger partial charge on any atom is 0.132 e. The van der Waals surface area contributed by atoms with Gasteiger partial charge in [0.25, 0.3) is 0 Å². The van der Waals surface area contributed by atoms with Crippen LogP contribution >= 0.6 is 15.9 Å². The molecule has 1 aliphatic heterocycles. The Morgan fingerprint density at radius 1 is 0.586 bits per heavy atom. The largest absolute Gasteiger partial charge is 0.457 e. The van der Waals surface area contributed by atoms with Crippen molar-refractivity contribution in [2.45, 2.75) is 5.92 Å². The minimum Gasteiger partial charge on any atom is -0.457 e. The van der Waals surface area contributed by atoms with E-state index < -0.39 is 0 Å². The van der Waals surface area contributed by atoms with E-state index in [4.69, 9.17) is 4.74 Å². The summed E-state index contributed by atoms with van der Waals surface area (Å²) in [4.78, 5) is 0. The Hall–Kier alpha value is -3.10. The number of hydrogen-bond acceptors (Lipinski definition) is 1. The van der Waals surface area contributed by atoms with Crippen molar-refractivity contribution in [2.24, 2.45) is 0 Å². The Labute approximate surface area is 177 Å². The second kappa shape index (κ2) is 6.47. The van der Waals surface area contributed by atoms with Gasteiger partial charge < -0.3 is 4.74 Å². The van der Waals surface area contributed by atoms with Crippen LogP contribution in [0, 0.1) is 0 Å². The highest BCUT2D eigenvalue weighted by atomic mass is 79.9. The average Bonchev–Trinajstić information content (AvgIpc) is 2.77. The maximum absolute atomic E-state index is 6.46. The van der Waals surface area contributed by atoms with Crippen molar-refractivity contribution in [2.75, 3.05) is 0 Å². The van der Waals surface area contributed by atoms with Gasteiger partial charge >= 0.3 is 0 Å². The van der Waals surface area contributed by atoms with Crippen molar-refractivity contribution in [1.82, 2.24) is 0 Å². The molecule has 5 aromatic carbocycles. The summed E-state index contributed by atoms with van der Waals surface area (Å²) in [5.41, 5.74) is 3.74. The van der Waals surface area contributed by atoms with E-state index in [2.05, 4.69) is 113 Å². The van der Waals surface area contributed by atoms with Crippen molar-refractivity contribution in [3.05, 3.63) is 118 Å². The van der Waals surface area contributed by atoms with E-state index in [1.165, 1.54) is 38.2 Å². The van der Waals surface area contributed by atoms with E-state index in [0.717, 1.165) is 16.0 Å². The molecule has 0 aliphatic carbocycles. The Morgan fingerprint density at radius 3 is 1.76 bits per heavy atom. The zero-order chi connectivity index (χ0) is 19.4. The summed E-state index contributed by atoms with van der Waals surface area (Å²) in [5, 5.41) is 4.96. The number of benzene rings is 5. The quantitative estimate of drug-likeness (QED) is 0.253. The van der Waals surface area contributed by atoms with E-state index in [1.54, 1.807) is 0 Å². The molecule has 0 atom stereocenters. The van der Waals surface area contributed by atoms with Crippen LogP contribution in [0.5, 0.6) is 11.5 Å². The van der Waals surface area contributed by atoms with Gasteiger partial charge in [0.2, 0.25) is 0 Å². The minimum absolute atomic E-state index is 0.100. The molecule has 0 N–H and O–H groups in total. The molecule has 1 heterocycles. The van der Waals surface area contributed by atoms with Gasteiger partial charge in [-0.1, -0.05) is 88.7 Å². The molecule has 0 amide bonds. The maximum atomic E-state index is 6.46. The lowest BCUT2D eigenvalue weighted by atomic mass is 9.78. The molecule has 0 fully saturated rings. The Bertz CT molecular complexity index is 1320. The van der Waals surface area contributed by atoms with Crippen LogP contribution in [0.4, 0.5) is 0 Å². The highest BCUT2D eigenvalue weighted by Gasteiger charge is 2.32. The predicted octanol–water partition coefficient (Wildman–Crippen LogP) is 8.04. The Balaban J connectivity index is 1.76. The molecular weight excluding hydrogens is 420 g/mol. The molecule has 29 heavy (non-hydrogen) atoms. The molecule has 2 heteroatoms. The smallest absolute Gasteiger partial charge is 0.132 e. The molecule has 6 rings (SSSR count). The van der Waals surface area contributed by atoms with Gasteiger partial charge in [0.05, 0.1) is 0 Å². The van der Waals surface area contributed by atoms with Gasteiger partial charge in [-0.25, -0.2) is 0 Å². The first-order chi connectivity index (χ1) is 14.3. The molecular formula is C27H17BrO. The topological polar surface area (TPSA) is 9.23 Å². The van der Waals surface area contributed by atoms with E-state index in [-0.39, 0.29) is 5.92 Å². The van der Waals surface area contributed by atoms with Gasteiger partial charge in [0.1, 0.15) is 11.5 Å². The standard InChI is InChI=1S/C27H17BrO/c28-20-9-5-8-19(16-20)25-26-21-10-3-1-6-17(21)12-14-23(26)29-24-15-13-18-7-2-4-11-22(18)27(24)25/h1-16,25H. The number of ether oxygens (including phenoxy) is 1. The van der Waals surface area contributed by atoms with Crippen LogP contribution in [0.1, 0.15) is 22.6 Å². The van der Waals surface area contributed by atoms with E-state index in [0.29, 0.717) is 0 Å². The molecule has 0 unspecified atom stereocenters. The van der Waals surface area contributed by atoms with Crippen LogP contribution in [-0.4, -0.2) is 0 Å². The normalized spacial score (nSPS) is 13.1. The SMILES string of the molecule is Brc1cccc(C2c3c(ccc4ccccc34)Oc3ccc4ccccc4c32)c1. The fraction of sp³-hybridized carbons (Fsp3) is 0.0370. The van der Waals surface area contributed by atoms with Crippen LogP contribution in [0.3, 0.4) is 0 Å². The van der Waals surface area contributed by atoms with Gasteiger partial charge in [-0.3, -0.25) is 0 Å². The van der Waals surface area contributed by atoms with Gasteiger partial charge in [-0.05, 0) is 51.4 Å². The van der Waals surface area contributed by atoms with Crippen molar-refractivity contribution < 1.29 is 4.74 Å². The van der Waals surface area contributed by atoms with Gasteiger partial charge in [-0.15, -0.1) is 0 Å². The first-order valence-corrected chi connectivity index (χ1v) is 10.6. The molecule has 0 spiro atoms. The lowest BCUT2D eigenvalue weighted by molar-refractivity contribution is 0.456. The average molecular weight is 437 g/mol. The molecule has 1 aliphatic rings. The monoisotopic (exact) mass is 436 g/mol. The third-order valence-electron chi connectivity index (χ3n) is 5.84. The first-order valence-electron chi connectivity index (χ1n) is 9.76. The number of rotatable bonds is 1. The van der Waals surface area contributed by atoms with E-state index in [1.807, 2.05) is 0 Å². The van der Waals surface area contributed by atoms with E-state index >= 15 is 0 Å². The molecule has 0 saturated heterocycles. The number of fused-ring (bicyclic) bond motifs is 6. The predicted molar refractivity (Wildman–Crippen MR) is 123 cm³/mol. The highest BCUT2D eigenvalue weighted by molar-refractivity contribution is 9.10. The Morgan fingerprint density at radius 2 is 1.17 bits per heavy atom. The van der Waals surface area contributed by atoms with Crippen molar-refractivity contribution >= 4 is 37.5 Å². The van der Waals surface area contributed by atoms with Crippen molar-refractivity contribution in [3.63, 3.8) is 0 Å². The summed E-state index contributed by atoms with van der Waals surface area (Å²) in [6, 6.07) is 34.3. The lowest BCUT2D eigenvalue weighted by Gasteiger charge is -2.31. The molecule has 5 aromatic rings. The highest BCUT2D eigenvalue weighted by Crippen LogP contribution is 2.52.